The van der Waals surface area contributed by atoms with E-state index in [2.05, 4.69) is 36.2 Å². The van der Waals surface area contributed by atoms with Crippen LogP contribution in [0.5, 0.6) is 0 Å². The van der Waals surface area contributed by atoms with Crippen molar-refractivity contribution in [2.45, 2.75) is 24.3 Å². The van der Waals surface area contributed by atoms with Gasteiger partial charge < -0.3 is 10.5 Å². The van der Waals surface area contributed by atoms with Crippen molar-refractivity contribution >= 4 is 23.1 Å². The molecule has 0 amide bonds. The van der Waals surface area contributed by atoms with Gasteiger partial charge in [0.2, 0.25) is 0 Å². The molecule has 0 aliphatic rings. The van der Waals surface area contributed by atoms with Gasteiger partial charge in [-0.1, -0.05) is 19.1 Å². The Hall–Kier alpha value is -0.880. The molecule has 0 bridgehead atoms. The molecule has 108 valence electrons. The molecule has 2 N–H and O–H groups in total. The fraction of sp³-hybridized carbons (Fsp3) is 0.400. The van der Waals surface area contributed by atoms with Gasteiger partial charge in [0.15, 0.2) is 0 Å². The van der Waals surface area contributed by atoms with Crippen LogP contribution in [0.3, 0.4) is 0 Å². The SMILES string of the molecule is CCSc1ccc(-c2nc(C(N)CCOC)cs2)cc1. The lowest BCUT2D eigenvalue weighted by Gasteiger charge is -2.07. The van der Waals surface area contributed by atoms with Gasteiger partial charge in [-0.3, -0.25) is 0 Å². The van der Waals surface area contributed by atoms with E-state index in [-0.39, 0.29) is 6.04 Å². The topological polar surface area (TPSA) is 48.1 Å². The summed E-state index contributed by atoms with van der Waals surface area (Å²) in [6.45, 7) is 2.82. The summed E-state index contributed by atoms with van der Waals surface area (Å²) in [4.78, 5) is 5.94. The maximum absolute atomic E-state index is 6.10. The predicted molar refractivity (Wildman–Crippen MR) is 87.4 cm³/mol. The number of nitrogens with zero attached hydrogens (tertiary/aromatic N) is 1. The zero-order chi connectivity index (χ0) is 14.4. The smallest absolute Gasteiger partial charge is 0.123 e. The molecule has 1 heterocycles. The van der Waals surface area contributed by atoms with E-state index < -0.39 is 0 Å². The number of rotatable bonds is 7. The normalized spacial score (nSPS) is 12.6. The first-order valence-electron chi connectivity index (χ1n) is 6.67. The summed E-state index contributed by atoms with van der Waals surface area (Å²) in [5.41, 5.74) is 8.20. The number of aromatic nitrogens is 1. The average molecular weight is 308 g/mol. The van der Waals surface area contributed by atoms with E-state index in [0.29, 0.717) is 6.61 Å². The van der Waals surface area contributed by atoms with Gasteiger partial charge >= 0.3 is 0 Å². The van der Waals surface area contributed by atoms with Gasteiger partial charge in [-0.2, -0.15) is 0 Å². The van der Waals surface area contributed by atoms with Crippen molar-refractivity contribution in [3.8, 4) is 10.6 Å². The summed E-state index contributed by atoms with van der Waals surface area (Å²) in [6.07, 6.45) is 0.797. The van der Waals surface area contributed by atoms with Crippen molar-refractivity contribution in [1.82, 2.24) is 4.98 Å². The second-order valence-corrected chi connectivity index (χ2v) is 6.62. The fourth-order valence-corrected chi connectivity index (χ4v) is 3.39. The summed E-state index contributed by atoms with van der Waals surface area (Å²) >= 11 is 3.49. The van der Waals surface area contributed by atoms with E-state index in [1.165, 1.54) is 4.90 Å². The third-order valence-corrected chi connectivity index (χ3v) is 4.75. The molecule has 0 saturated heterocycles. The highest BCUT2D eigenvalue weighted by Gasteiger charge is 2.11. The quantitative estimate of drug-likeness (QED) is 0.787. The zero-order valence-electron chi connectivity index (χ0n) is 11.8. The Labute approximate surface area is 128 Å². The highest BCUT2D eigenvalue weighted by atomic mass is 32.2. The van der Waals surface area contributed by atoms with Gasteiger partial charge in [-0.15, -0.1) is 23.1 Å². The monoisotopic (exact) mass is 308 g/mol. The van der Waals surface area contributed by atoms with Crippen molar-refractivity contribution in [2.24, 2.45) is 5.73 Å². The molecule has 1 unspecified atom stereocenters. The summed E-state index contributed by atoms with van der Waals surface area (Å²) in [5, 5.41) is 3.07. The van der Waals surface area contributed by atoms with Crippen LogP contribution in [0.4, 0.5) is 0 Å². The average Bonchev–Trinajstić information content (AvgIpc) is 2.96. The summed E-state index contributed by atoms with van der Waals surface area (Å²) in [6, 6.07) is 8.50. The van der Waals surface area contributed by atoms with Gasteiger partial charge in [0.05, 0.1) is 11.7 Å². The molecule has 1 aromatic heterocycles. The molecule has 2 rings (SSSR count). The lowest BCUT2D eigenvalue weighted by atomic mass is 10.2. The molecule has 1 aromatic carbocycles. The van der Waals surface area contributed by atoms with Crippen molar-refractivity contribution in [2.75, 3.05) is 19.5 Å². The summed E-state index contributed by atoms with van der Waals surface area (Å²) < 4.78 is 5.05. The zero-order valence-corrected chi connectivity index (χ0v) is 13.5. The van der Waals surface area contributed by atoms with Crippen molar-refractivity contribution < 1.29 is 4.74 Å². The largest absolute Gasteiger partial charge is 0.385 e. The number of nitrogens with two attached hydrogens (primary N) is 1. The van der Waals surface area contributed by atoms with E-state index in [4.69, 9.17) is 10.5 Å². The maximum Gasteiger partial charge on any atom is 0.123 e. The Morgan fingerprint density at radius 1 is 1.35 bits per heavy atom. The molecule has 20 heavy (non-hydrogen) atoms. The molecule has 0 saturated carbocycles. The third kappa shape index (κ3) is 4.06. The number of hydrogen-bond donors (Lipinski definition) is 1. The highest BCUT2D eigenvalue weighted by molar-refractivity contribution is 7.99. The van der Waals surface area contributed by atoms with Crippen LogP contribution in [-0.2, 0) is 4.74 Å². The lowest BCUT2D eigenvalue weighted by Crippen LogP contribution is -2.12. The molecule has 0 spiro atoms. The van der Waals surface area contributed by atoms with Gasteiger partial charge in [0.1, 0.15) is 5.01 Å². The van der Waals surface area contributed by atoms with E-state index in [1.54, 1.807) is 18.4 Å². The van der Waals surface area contributed by atoms with Crippen LogP contribution in [0.15, 0.2) is 34.5 Å². The van der Waals surface area contributed by atoms with Gasteiger partial charge in [-0.25, -0.2) is 4.98 Å². The van der Waals surface area contributed by atoms with Crippen molar-refractivity contribution in [1.29, 1.82) is 0 Å². The summed E-state index contributed by atoms with van der Waals surface area (Å²) in [7, 11) is 1.69. The molecule has 0 aliphatic carbocycles. The minimum absolute atomic E-state index is 0.0464. The van der Waals surface area contributed by atoms with Crippen LogP contribution < -0.4 is 5.73 Å². The lowest BCUT2D eigenvalue weighted by molar-refractivity contribution is 0.188. The second-order valence-electron chi connectivity index (χ2n) is 4.42. The predicted octanol–water partition coefficient (Wildman–Crippen LogP) is 3.96. The third-order valence-electron chi connectivity index (χ3n) is 2.95. The minimum atomic E-state index is -0.0464. The molecule has 0 radical (unpaired) electrons. The van der Waals surface area contributed by atoms with Crippen LogP contribution in [0.2, 0.25) is 0 Å². The number of methoxy groups -OCH3 is 1. The van der Waals surface area contributed by atoms with E-state index >= 15 is 0 Å². The minimum Gasteiger partial charge on any atom is -0.385 e. The standard InChI is InChI=1S/C15H20N2OS2/c1-3-19-12-6-4-11(5-7-12)15-17-14(10-20-15)13(16)8-9-18-2/h4-7,10,13H,3,8-9,16H2,1-2H3. The molecule has 0 fully saturated rings. The van der Waals surface area contributed by atoms with Crippen LogP contribution in [-0.4, -0.2) is 24.5 Å². The first kappa shape index (κ1) is 15.5. The van der Waals surface area contributed by atoms with Crippen LogP contribution >= 0.6 is 23.1 Å². The van der Waals surface area contributed by atoms with Gasteiger partial charge in [0.25, 0.3) is 0 Å². The summed E-state index contributed by atoms with van der Waals surface area (Å²) in [5.74, 6) is 1.09. The Kier molecular flexibility index (Phi) is 6.04. The first-order valence-corrected chi connectivity index (χ1v) is 8.54. The Morgan fingerprint density at radius 3 is 2.75 bits per heavy atom. The van der Waals surface area contributed by atoms with Crippen LogP contribution in [0.25, 0.3) is 10.6 Å². The molecule has 5 heteroatoms. The number of hydrogen-bond acceptors (Lipinski definition) is 5. The van der Waals surface area contributed by atoms with E-state index in [1.807, 2.05) is 17.1 Å². The van der Waals surface area contributed by atoms with E-state index in [9.17, 15) is 0 Å². The number of thioether (sulfide) groups is 1. The molecule has 3 nitrogen and oxygen atoms in total. The van der Waals surface area contributed by atoms with Crippen molar-refractivity contribution in [3.63, 3.8) is 0 Å². The molecule has 2 aromatic rings. The second kappa shape index (κ2) is 7.78. The first-order chi connectivity index (χ1) is 9.74. The van der Waals surface area contributed by atoms with Crippen LogP contribution in [0.1, 0.15) is 25.1 Å². The maximum atomic E-state index is 6.10. The Morgan fingerprint density at radius 2 is 2.10 bits per heavy atom. The number of thiazole rings is 1. The highest BCUT2D eigenvalue weighted by Crippen LogP contribution is 2.28. The van der Waals surface area contributed by atoms with Gasteiger partial charge in [0, 0.05) is 29.6 Å². The molecular formula is C15H20N2OS2. The number of benzene rings is 1. The molecular weight excluding hydrogens is 288 g/mol. The Balaban J connectivity index is 2.07. The van der Waals surface area contributed by atoms with Crippen LogP contribution in [0, 0.1) is 0 Å². The molecule has 0 aliphatic heterocycles. The Bertz CT molecular complexity index is 525. The molecule has 1 atom stereocenters. The fourth-order valence-electron chi connectivity index (χ4n) is 1.84. The number of ether oxygens (including phenoxy) is 1. The van der Waals surface area contributed by atoms with Crippen molar-refractivity contribution in [3.05, 3.63) is 35.3 Å². The van der Waals surface area contributed by atoms with Gasteiger partial charge in [-0.05, 0) is 24.3 Å². The van der Waals surface area contributed by atoms with E-state index in [0.717, 1.165) is 28.4 Å².